The highest BCUT2D eigenvalue weighted by Gasteiger charge is 2.12. The second kappa shape index (κ2) is 8.57. The monoisotopic (exact) mass is 217 g/mol. The lowest BCUT2D eigenvalue weighted by atomic mass is 10.0. The first kappa shape index (κ1) is 12.3. The van der Waals surface area contributed by atoms with Crippen LogP contribution >= 0.6 is 11.8 Å². The van der Waals surface area contributed by atoms with Gasteiger partial charge in [0.15, 0.2) is 0 Å². The summed E-state index contributed by atoms with van der Waals surface area (Å²) >= 11 is 2.09. The van der Waals surface area contributed by atoms with Crippen LogP contribution in [-0.2, 0) is 0 Å². The van der Waals surface area contributed by atoms with Gasteiger partial charge in [-0.25, -0.2) is 0 Å². The van der Waals surface area contributed by atoms with Crippen LogP contribution in [0.2, 0.25) is 0 Å². The zero-order valence-corrected chi connectivity index (χ0v) is 9.82. The van der Waals surface area contributed by atoms with Gasteiger partial charge in [0, 0.05) is 6.61 Å². The number of aliphatic hydroxyl groups excluding tert-OH is 1. The molecule has 0 bridgehead atoms. The van der Waals surface area contributed by atoms with E-state index in [0.29, 0.717) is 6.61 Å². The van der Waals surface area contributed by atoms with Crippen molar-refractivity contribution < 1.29 is 5.11 Å². The van der Waals surface area contributed by atoms with Crippen molar-refractivity contribution in [1.29, 1.82) is 0 Å². The molecule has 0 saturated carbocycles. The van der Waals surface area contributed by atoms with Gasteiger partial charge >= 0.3 is 0 Å². The number of unbranched alkanes of at least 4 members (excludes halogenated alkanes) is 2. The Hall–Kier alpha value is 0.270. The molecule has 0 unspecified atom stereocenters. The zero-order valence-electron chi connectivity index (χ0n) is 9.00. The maximum Gasteiger partial charge on any atom is 0.0431 e. The molecule has 0 aliphatic carbocycles. The Morgan fingerprint density at radius 3 is 2.64 bits per heavy atom. The third kappa shape index (κ3) is 5.89. The van der Waals surface area contributed by atoms with Crippen LogP contribution in [0.25, 0.3) is 0 Å². The van der Waals surface area contributed by atoms with Crippen LogP contribution < -0.4 is 5.32 Å². The smallest absolute Gasteiger partial charge is 0.0431 e. The lowest BCUT2D eigenvalue weighted by Crippen LogP contribution is -2.26. The van der Waals surface area contributed by atoms with Crippen LogP contribution in [0.3, 0.4) is 0 Å². The molecular weight excluding hydrogens is 194 g/mol. The second-order valence-electron chi connectivity index (χ2n) is 4.04. The Kier molecular flexibility index (Phi) is 7.55. The Labute approximate surface area is 91.9 Å². The normalized spacial score (nSPS) is 18.6. The molecule has 0 aromatic rings. The summed E-state index contributed by atoms with van der Waals surface area (Å²) in [5, 5.41) is 12.1. The summed E-state index contributed by atoms with van der Waals surface area (Å²) in [6.07, 6.45) is 6.12. The minimum Gasteiger partial charge on any atom is -0.396 e. The van der Waals surface area contributed by atoms with Gasteiger partial charge < -0.3 is 10.4 Å². The first-order valence-corrected chi connectivity index (χ1v) is 6.98. The third-order valence-corrected chi connectivity index (χ3v) is 3.83. The van der Waals surface area contributed by atoms with E-state index in [0.717, 1.165) is 25.3 Å². The average molecular weight is 217 g/mol. The number of nitrogens with one attached hydrogen (secondary N) is 1. The first-order valence-electron chi connectivity index (χ1n) is 5.83. The van der Waals surface area contributed by atoms with Crippen LogP contribution in [0.4, 0.5) is 0 Å². The third-order valence-electron chi connectivity index (χ3n) is 2.79. The van der Waals surface area contributed by atoms with Crippen LogP contribution in [0.15, 0.2) is 0 Å². The molecule has 1 rings (SSSR count). The maximum atomic E-state index is 8.60. The van der Waals surface area contributed by atoms with Crippen molar-refractivity contribution in [3.8, 4) is 0 Å². The predicted octanol–water partition coefficient (Wildman–Crippen LogP) is 1.88. The topological polar surface area (TPSA) is 32.3 Å². The minimum atomic E-state index is 0.347. The molecule has 3 heteroatoms. The lowest BCUT2D eigenvalue weighted by molar-refractivity contribution is 0.282. The number of aliphatic hydroxyl groups is 1. The molecule has 1 saturated heterocycles. The first-order chi connectivity index (χ1) is 6.93. The van der Waals surface area contributed by atoms with Crippen molar-refractivity contribution in [1.82, 2.24) is 5.32 Å². The molecule has 0 aromatic heterocycles. The van der Waals surface area contributed by atoms with Crippen molar-refractivity contribution in [2.24, 2.45) is 5.92 Å². The molecule has 0 atom stereocenters. The van der Waals surface area contributed by atoms with E-state index in [1.165, 1.54) is 37.3 Å². The van der Waals surface area contributed by atoms with Crippen LogP contribution in [0.5, 0.6) is 0 Å². The van der Waals surface area contributed by atoms with Gasteiger partial charge in [-0.15, -0.1) is 0 Å². The molecule has 1 aliphatic heterocycles. The van der Waals surface area contributed by atoms with E-state index in [2.05, 4.69) is 17.1 Å². The standard InChI is InChI=1S/C11H23NOS/c13-7-3-1-2-6-12-10-11-4-8-14-9-5-11/h11-13H,1-10H2. The second-order valence-corrected chi connectivity index (χ2v) is 5.27. The van der Waals surface area contributed by atoms with Gasteiger partial charge in [0.05, 0.1) is 0 Å². The van der Waals surface area contributed by atoms with Crippen LogP contribution in [0.1, 0.15) is 32.1 Å². The average Bonchev–Trinajstić information content (AvgIpc) is 2.25. The van der Waals surface area contributed by atoms with E-state index in [4.69, 9.17) is 5.11 Å². The highest BCUT2D eigenvalue weighted by molar-refractivity contribution is 7.99. The number of rotatable bonds is 7. The maximum absolute atomic E-state index is 8.60. The van der Waals surface area contributed by atoms with E-state index in [-0.39, 0.29) is 0 Å². The number of hydrogen-bond donors (Lipinski definition) is 2. The molecule has 1 heterocycles. The van der Waals surface area contributed by atoms with Crippen molar-refractivity contribution in [2.45, 2.75) is 32.1 Å². The molecule has 84 valence electrons. The molecule has 0 radical (unpaired) electrons. The van der Waals surface area contributed by atoms with Crippen molar-refractivity contribution in [3.05, 3.63) is 0 Å². The van der Waals surface area contributed by atoms with Gasteiger partial charge in [0.2, 0.25) is 0 Å². The number of hydrogen-bond acceptors (Lipinski definition) is 3. The summed E-state index contributed by atoms with van der Waals surface area (Å²) in [4.78, 5) is 0. The summed E-state index contributed by atoms with van der Waals surface area (Å²) in [5.41, 5.74) is 0. The fraction of sp³-hybridized carbons (Fsp3) is 1.00. The Bertz CT molecular complexity index is 126. The number of thioether (sulfide) groups is 1. The highest BCUT2D eigenvalue weighted by Crippen LogP contribution is 2.21. The molecule has 2 nitrogen and oxygen atoms in total. The summed E-state index contributed by atoms with van der Waals surface area (Å²) in [5.74, 6) is 3.64. The summed E-state index contributed by atoms with van der Waals surface area (Å²) < 4.78 is 0. The Morgan fingerprint density at radius 2 is 1.93 bits per heavy atom. The molecule has 2 N–H and O–H groups in total. The zero-order chi connectivity index (χ0) is 10.1. The summed E-state index contributed by atoms with van der Waals surface area (Å²) in [6, 6.07) is 0. The highest BCUT2D eigenvalue weighted by atomic mass is 32.2. The van der Waals surface area contributed by atoms with Crippen molar-refractivity contribution >= 4 is 11.8 Å². The molecule has 1 aliphatic rings. The van der Waals surface area contributed by atoms with Gasteiger partial charge in [-0.3, -0.25) is 0 Å². The van der Waals surface area contributed by atoms with Gasteiger partial charge in [-0.2, -0.15) is 11.8 Å². The van der Waals surface area contributed by atoms with Gasteiger partial charge in [0.1, 0.15) is 0 Å². The molecule has 1 fully saturated rings. The van der Waals surface area contributed by atoms with Gasteiger partial charge in [-0.1, -0.05) is 0 Å². The van der Waals surface area contributed by atoms with E-state index >= 15 is 0 Å². The molecule has 0 spiro atoms. The Balaban J connectivity index is 1.82. The quantitative estimate of drug-likeness (QED) is 0.639. The molecule has 14 heavy (non-hydrogen) atoms. The van der Waals surface area contributed by atoms with E-state index in [1.807, 2.05) is 0 Å². The fourth-order valence-electron chi connectivity index (χ4n) is 1.80. The summed E-state index contributed by atoms with van der Waals surface area (Å²) in [7, 11) is 0. The van der Waals surface area contributed by atoms with E-state index in [1.54, 1.807) is 0 Å². The lowest BCUT2D eigenvalue weighted by Gasteiger charge is -2.21. The molecule has 0 aromatic carbocycles. The van der Waals surface area contributed by atoms with Crippen molar-refractivity contribution in [2.75, 3.05) is 31.2 Å². The van der Waals surface area contributed by atoms with Gasteiger partial charge in [-0.05, 0) is 62.6 Å². The molecular formula is C11H23NOS. The summed E-state index contributed by atoms with van der Waals surface area (Å²) in [6.45, 7) is 2.68. The van der Waals surface area contributed by atoms with Crippen LogP contribution in [0, 0.1) is 5.92 Å². The van der Waals surface area contributed by atoms with Crippen molar-refractivity contribution in [3.63, 3.8) is 0 Å². The predicted molar refractivity (Wildman–Crippen MR) is 63.9 cm³/mol. The minimum absolute atomic E-state index is 0.347. The van der Waals surface area contributed by atoms with Crippen LogP contribution in [-0.4, -0.2) is 36.3 Å². The Morgan fingerprint density at radius 1 is 1.14 bits per heavy atom. The fourth-order valence-corrected chi connectivity index (χ4v) is 3.00. The largest absolute Gasteiger partial charge is 0.396 e. The molecule has 0 amide bonds. The van der Waals surface area contributed by atoms with Gasteiger partial charge in [0.25, 0.3) is 0 Å². The van der Waals surface area contributed by atoms with E-state index < -0.39 is 0 Å². The SMILES string of the molecule is OCCCCCNCC1CCSCC1. The van der Waals surface area contributed by atoms with E-state index in [9.17, 15) is 0 Å².